The van der Waals surface area contributed by atoms with Crippen LogP contribution < -0.4 is 5.73 Å². The molecule has 1 aliphatic heterocycles. The Morgan fingerprint density at radius 2 is 2.05 bits per heavy atom. The van der Waals surface area contributed by atoms with Crippen molar-refractivity contribution >= 4 is 13.7 Å². The number of phosphoric acid groups is 1. The maximum Gasteiger partial charge on any atom is 0.469 e. The van der Waals surface area contributed by atoms with Gasteiger partial charge >= 0.3 is 7.82 Å². The highest BCUT2D eigenvalue weighted by molar-refractivity contribution is 7.46. The third kappa shape index (κ3) is 5.87. The summed E-state index contributed by atoms with van der Waals surface area (Å²) in [5, 5.41) is 9.25. The van der Waals surface area contributed by atoms with Gasteiger partial charge in [-0.3, -0.25) is 9.32 Å². The van der Waals surface area contributed by atoms with Crippen molar-refractivity contribution in [3.8, 4) is 0 Å². The van der Waals surface area contributed by atoms with Crippen LogP contribution in [0.15, 0.2) is 0 Å². The highest BCUT2D eigenvalue weighted by Crippen LogP contribution is 2.40. The summed E-state index contributed by atoms with van der Waals surface area (Å²) in [6, 6.07) is -0.437. The number of amides is 1. The van der Waals surface area contributed by atoms with E-state index in [9.17, 15) is 14.5 Å². The maximum atomic E-state index is 12.0. The number of likely N-dealkylation sites (tertiary alicyclic amines) is 1. The molecule has 9 heteroatoms. The van der Waals surface area contributed by atoms with Crippen LogP contribution in [0.5, 0.6) is 0 Å². The summed E-state index contributed by atoms with van der Waals surface area (Å²) >= 11 is 0. The topological polar surface area (TPSA) is 133 Å². The molecule has 118 valence electrons. The molecule has 8 nitrogen and oxygen atoms in total. The van der Waals surface area contributed by atoms with Crippen LogP contribution >= 0.6 is 7.82 Å². The van der Waals surface area contributed by atoms with Gasteiger partial charge in [0.05, 0.1) is 18.8 Å². The van der Waals surface area contributed by atoms with Gasteiger partial charge in [-0.2, -0.15) is 0 Å². The summed E-state index contributed by atoms with van der Waals surface area (Å²) in [6.45, 7) is 0.455. The van der Waals surface area contributed by atoms with Gasteiger partial charge in [-0.25, -0.2) is 4.57 Å². The second-order valence-electron chi connectivity index (χ2n) is 4.94. The molecule has 5 N–H and O–H groups in total. The van der Waals surface area contributed by atoms with Crippen LogP contribution in [-0.2, 0) is 13.9 Å². The molecule has 0 radical (unpaired) electrons. The summed E-state index contributed by atoms with van der Waals surface area (Å²) in [7, 11) is -4.57. The molecule has 1 heterocycles. The van der Waals surface area contributed by atoms with Gasteiger partial charge < -0.3 is 25.5 Å². The zero-order chi connectivity index (χ0) is 15.2. The Hall–Kier alpha value is -0.500. The Balaban J connectivity index is 2.47. The van der Waals surface area contributed by atoms with Crippen LogP contribution in [0.1, 0.15) is 32.1 Å². The van der Waals surface area contributed by atoms with Crippen molar-refractivity contribution in [1.29, 1.82) is 0 Å². The molecule has 1 aliphatic rings. The normalized spacial score (nSPS) is 23.3. The van der Waals surface area contributed by atoms with E-state index in [4.69, 9.17) is 15.5 Å². The Labute approximate surface area is 118 Å². The molecule has 20 heavy (non-hydrogen) atoms. The SMILES string of the molecule is NCCCCCC(=O)N1CC(OP(=O)(O)O)C[C@H]1CO. The summed E-state index contributed by atoms with van der Waals surface area (Å²) in [5.74, 6) is -0.127. The van der Waals surface area contributed by atoms with E-state index in [1.54, 1.807) is 0 Å². The van der Waals surface area contributed by atoms with E-state index in [0.29, 0.717) is 19.4 Å². The van der Waals surface area contributed by atoms with E-state index in [-0.39, 0.29) is 25.5 Å². The first-order valence-electron chi connectivity index (χ1n) is 6.71. The number of phosphoric ester groups is 1. The Morgan fingerprint density at radius 3 is 2.60 bits per heavy atom. The van der Waals surface area contributed by atoms with Crippen molar-refractivity contribution < 1.29 is 28.8 Å². The van der Waals surface area contributed by atoms with Crippen molar-refractivity contribution in [1.82, 2.24) is 4.90 Å². The smallest absolute Gasteiger partial charge is 0.394 e. The number of carbonyl (C=O) groups excluding carboxylic acids is 1. The Morgan fingerprint density at radius 1 is 1.35 bits per heavy atom. The minimum absolute atomic E-state index is 0.103. The molecule has 2 atom stereocenters. The van der Waals surface area contributed by atoms with Crippen LogP contribution in [0.2, 0.25) is 0 Å². The van der Waals surface area contributed by atoms with Gasteiger partial charge in [0.1, 0.15) is 0 Å². The van der Waals surface area contributed by atoms with E-state index in [2.05, 4.69) is 4.52 Å². The Kier molecular flexibility index (Phi) is 7.08. The first-order chi connectivity index (χ1) is 9.37. The van der Waals surface area contributed by atoms with Gasteiger partial charge in [0.25, 0.3) is 0 Å². The van der Waals surface area contributed by atoms with Gasteiger partial charge in [0.2, 0.25) is 5.91 Å². The molecular weight excluding hydrogens is 287 g/mol. The van der Waals surface area contributed by atoms with Gasteiger partial charge in [-0.05, 0) is 25.8 Å². The lowest BCUT2D eigenvalue weighted by Gasteiger charge is -2.22. The van der Waals surface area contributed by atoms with Crippen molar-refractivity contribution in [3.05, 3.63) is 0 Å². The average Bonchev–Trinajstić information content (AvgIpc) is 2.75. The van der Waals surface area contributed by atoms with E-state index in [1.165, 1.54) is 4.90 Å². The van der Waals surface area contributed by atoms with Gasteiger partial charge in [0, 0.05) is 13.0 Å². The molecule has 0 spiro atoms. The van der Waals surface area contributed by atoms with Crippen molar-refractivity contribution in [3.63, 3.8) is 0 Å². The van der Waals surface area contributed by atoms with Crippen LogP contribution in [0.25, 0.3) is 0 Å². The van der Waals surface area contributed by atoms with E-state index in [1.807, 2.05) is 0 Å². The van der Waals surface area contributed by atoms with E-state index in [0.717, 1.165) is 12.8 Å². The predicted molar refractivity (Wildman–Crippen MR) is 71.6 cm³/mol. The Bertz CT molecular complexity index is 361. The van der Waals surface area contributed by atoms with Crippen molar-refractivity contribution in [2.45, 2.75) is 44.2 Å². The second-order valence-corrected chi connectivity index (χ2v) is 6.13. The fourth-order valence-corrected chi connectivity index (χ4v) is 2.90. The lowest BCUT2D eigenvalue weighted by Crippen LogP contribution is -2.37. The standard InChI is InChI=1S/C11H23N2O6P/c12-5-3-1-2-4-11(15)13-7-10(6-9(13)8-14)19-20(16,17)18/h9-10,14H,1-8,12H2,(H2,16,17,18)/t9-,10?/m0/s1. The first-order valence-corrected chi connectivity index (χ1v) is 8.24. The van der Waals surface area contributed by atoms with Crippen molar-refractivity contribution in [2.75, 3.05) is 19.7 Å². The third-order valence-electron chi connectivity index (χ3n) is 3.29. The van der Waals surface area contributed by atoms with E-state index < -0.39 is 20.0 Å². The third-order valence-corrected chi connectivity index (χ3v) is 3.86. The molecule has 0 bridgehead atoms. The number of aliphatic hydroxyl groups is 1. The van der Waals surface area contributed by atoms with E-state index >= 15 is 0 Å². The van der Waals surface area contributed by atoms with Gasteiger partial charge in [-0.15, -0.1) is 0 Å². The number of aliphatic hydroxyl groups excluding tert-OH is 1. The minimum Gasteiger partial charge on any atom is -0.394 e. The number of hydrogen-bond donors (Lipinski definition) is 4. The largest absolute Gasteiger partial charge is 0.469 e. The summed E-state index contributed by atoms with van der Waals surface area (Å²) in [6.07, 6.45) is 2.29. The van der Waals surface area contributed by atoms with Crippen LogP contribution in [-0.4, -0.2) is 57.5 Å². The lowest BCUT2D eigenvalue weighted by molar-refractivity contribution is -0.133. The quantitative estimate of drug-likeness (QED) is 0.353. The highest BCUT2D eigenvalue weighted by atomic mass is 31.2. The fourth-order valence-electron chi connectivity index (χ4n) is 2.36. The van der Waals surface area contributed by atoms with Crippen LogP contribution in [0.4, 0.5) is 0 Å². The summed E-state index contributed by atoms with van der Waals surface area (Å²) in [5.41, 5.74) is 5.37. The molecule has 1 saturated heterocycles. The fraction of sp³-hybridized carbons (Fsp3) is 0.909. The molecule has 0 aromatic heterocycles. The number of unbranched alkanes of at least 4 members (excludes halogenated alkanes) is 2. The van der Waals surface area contributed by atoms with Crippen LogP contribution in [0, 0.1) is 0 Å². The summed E-state index contributed by atoms with van der Waals surface area (Å²) < 4.78 is 15.4. The molecule has 1 fully saturated rings. The van der Waals surface area contributed by atoms with Crippen LogP contribution in [0.3, 0.4) is 0 Å². The number of nitrogens with zero attached hydrogens (tertiary/aromatic N) is 1. The monoisotopic (exact) mass is 310 g/mol. The zero-order valence-corrected chi connectivity index (χ0v) is 12.2. The number of rotatable bonds is 8. The lowest BCUT2D eigenvalue weighted by atomic mass is 10.1. The minimum atomic E-state index is -4.57. The highest BCUT2D eigenvalue weighted by Gasteiger charge is 2.37. The zero-order valence-electron chi connectivity index (χ0n) is 11.3. The maximum absolute atomic E-state index is 12.0. The second kappa shape index (κ2) is 8.07. The number of nitrogens with two attached hydrogens (primary N) is 1. The molecule has 1 rings (SSSR count). The molecule has 1 amide bonds. The molecule has 0 saturated carbocycles. The number of hydrogen-bond acceptors (Lipinski definition) is 5. The summed E-state index contributed by atoms with van der Waals surface area (Å²) in [4.78, 5) is 31.0. The van der Waals surface area contributed by atoms with Crippen molar-refractivity contribution in [2.24, 2.45) is 5.73 Å². The molecule has 0 aromatic carbocycles. The first kappa shape index (κ1) is 17.6. The number of carbonyl (C=O) groups is 1. The molecule has 0 aliphatic carbocycles. The predicted octanol–water partition coefficient (Wildman–Crippen LogP) is -0.423. The molecule has 1 unspecified atom stereocenters. The average molecular weight is 310 g/mol. The van der Waals surface area contributed by atoms with Gasteiger partial charge in [-0.1, -0.05) is 6.42 Å². The molecular formula is C11H23N2O6P. The molecule has 0 aromatic rings. The van der Waals surface area contributed by atoms with Gasteiger partial charge in [0.15, 0.2) is 0 Å².